The van der Waals surface area contributed by atoms with E-state index in [1.807, 2.05) is 0 Å². The molecule has 144 valence electrons. The minimum absolute atomic E-state index is 0.144. The molecule has 0 aliphatic rings. The van der Waals surface area contributed by atoms with Crippen LogP contribution < -0.4 is 10.6 Å². The first-order valence-electron chi connectivity index (χ1n) is 7.52. The van der Waals surface area contributed by atoms with Gasteiger partial charge >= 0.3 is 5.97 Å². The van der Waals surface area contributed by atoms with Crippen molar-refractivity contribution in [3.8, 4) is 0 Å². The number of non-ortho nitro benzene ring substituents is 2. The maximum absolute atomic E-state index is 12.3. The number of anilines is 1. The van der Waals surface area contributed by atoms with Crippen LogP contribution in [0.15, 0.2) is 42.5 Å². The number of nitro groups is 2. The fourth-order valence-corrected chi connectivity index (χ4v) is 2.10. The van der Waals surface area contributed by atoms with Crippen molar-refractivity contribution >= 4 is 34.8 Å². The van der Waals surface area contributed by atoms with Crippen LogP contribution in [0, 0.1) is 20.2 Å². The van der Waals surface area contributed by atoms with Crippen molar-refractivity contribution in [2.45, 2.75) is 0 Å². The van der Waals surface area contributed by atoms with Gasteiger partial charge in [-0.15, -0.1) is 0 Å². The lowest BCUT2D eigenvalue weighted by Gasteiger charge is -2.07. The average Bonchev–Trinajstić information content (AvgIpc) is 2.66. The number of nitrogens with zero attached hydrogens (tertiary/aromatic N) is 2. The van der Waals surface area contributed by atoms with E-state index in [0.29, 0.717) is 0 Å². The van der Waals surface area contributed by atoms with Gasteiger partial charge in [0.05, 0.1) is 21.5 Å². The Balaban J connectivity index is 2.16. The van der Waals surface area contributed by atoms with Gasteiger partial charge in [0.2, 0.25) is 0 Å². The number of carbonyl (C=O) groups is 3. The molecule has 12 heteroatoms. The summed E-state index contributed by atoms with van der Waals surface area (Å²) >= 11 is 0. The van der Waals surface area contributed by atoms with Crippen LogP contribution in [0.1, 0.15) is 20.7 Å². The van der Waals surface area contributed by atoms with Crippen LogP contribution >= 0.6 is 0 Å². The van der Waals surface area contributed by atoms with Crippen molar-refractivity contribution in [2.24, 2.45) is 0 Å². The predicted molar refractivity (Wildman–Crippen MR) is 94.1 cm³/mol. The second kappa shape index (κ2) is 8.35. The van der Waals surface area contributed by atoms with Crippen LogP contribution in [0.25, 0.3) is 0 Å². The molecule has 0 spiro atoms. The molecule has 0 aromatic heterocycles. The lowest BCUT2D eigenvalue weighted by Crippen LogP contribution is -2.29. The quantitative estimate of drug-likeness (QED) is 0.471. The van der Waals surface area contributed by atoms with E-state index in [0.717, 1.165) is 18.2 Å². The molecule has 0 aliphatic carbocycles. The average molecular weight is 388 g/mol. The summed E-state index contributed by atoms with van der Waals surface area (Å²) < 4.78 is 0. The van der Waals surface area contributed by atoms with Gasteiger partial charge < -0.3 is 15.7 Å². The first kappa shape index (κ1) is 20.0. The molecule has 3 N–H and O–H groups in total. The van der Waals surface area contributed by atoms with Crippen molar-refractivity contribution in [1.29, 1.82) is 0 Å². The number of hydrogen-bond acceptors (Lipinski definition) is 7. The smallest absolute Gasteiger partial charge is 0.322 e. The molecule has 28 heavy (non-hydrogen) atoms. The molecule has 2 amide bonds. The summed E-state index contributed by atoms with van der Waals surface area (Å²) in [7, 11) is 0. The van der Waals surface area contributed by atoms with Crippen LogP contribution in [0.2, 0.25) is 0 Å². The molecule has 0 atom stereocenters. The van der Waals surface area contributed by atoms with E-state index < -0.39 is 45.5 Å². The van der Waals surface area contributed by atoms with Crippen molar-refractivity contribution < 1.29 is 29.3 Å². The van der Waals surface area contributed by atoms with E-state index in [-0.39, 0.29) is 16.8 Å². The number of carbonyl (C=O) groups excluding carboxylic acids is 2. The minimum Gasteiger partial charge on any atom is -0.480 e. The van der Waals surface area contributed by atoms with Gasteiger partial charge in [0.15, 0.2) is 0 Å². The summed E-state index contributed by atoms with van der Waals surface area (Å²) in [4.78, 5) is 54.5. The Bertz CT molecular complexity index is 939. The number of nitro benzene ring substituents is 2. The molecule has 0 unspecified atom stereocenters. The third-order valence-electron chi connectivity index (χ3n) is 3.39. The fraction of sp³-hybridized carbons (Fsp3) is 0.0625. The molecule has 0 fully saturated rings. The first-order chi connectivity index (χ1) is 13.2. The van der Waals surface area contributed by atoms with Gasteiger partial charge in [0.1, 0.15) is 6.54 Å². The number of hydrogen-bond donors (Lipinski definition) is 3. The van der Waals surface area contributed by atoms with Crippen molar-refractivity contribution in [3.63, 3.8) is 0 Å². The predicted octanol–water partition coefficient (Wildman–Crippen LogP) is 1.57. The molecular weight excluding hydrogens is 376 g/mol. The second-order valence-corrected chi connectivity index (χ2v) is 5.36. The lowest BCUT2D eigenvalue weighted by atomic mass is 10.1. The Morgan fingerprint density at radius 2 is 1.39 bits per heavy atom. The lowest BCUT2D eigenvalue weighted by molar-refractivity contribution is -0.394. The SMILES string of the molecule is O=C(O)CNC(=O)c1ccc(NC(=O)c2cc([N+](=O)[O-])cc([N+](=O)[O-])c2)cc1. The Labute approximate surface area is 156 Å². The molecule has 2 aromatic rings. The highest BCUT2D eigenvalue weighted by Gasteiger charge is 2.20. The number of amides is 2. The molecular formula is C16H12N4O8. The Morgan fingerprint density at radius 1 is 0.857 bits per heavy atom. The Kier molecular flexibility index (Phi) is 5.96. The number of benzene rings is 2. The Hall–Kier alpha value is -4.35. The van der Waals surface area contributed by atoms with Crippen LogP contribution in [0.5, 0.6) is 0 Å². The summed E-state index contributed by atoms with van der Waals surface area (Å²) in [5.41, 5.74) is -1.14. The summed E-state index contributed by atoms with van der Waals surface area (Å²) in [6, 6.07) is 7.87. The topological polar surface area (TPSA) is 182 Å². The molecule has 2 aromatic carbocycles. The standard InChI is InChI=1S/C16H12N4O8/c21-14(22)8-17-15(23)9-1-3-11(4-2-9)18-16(24)10-5-12(19(25)26)7-13(6-10)20(27)28/h1-7H,8H2,(H,17,23)(H,18,24)(H,21,22). The number of carboxylic acids is 1. The molecule has 0 saturated carbocycles. The first-order valence-corrected chi connectivity index (χ1v) is 7.52. The summed E-state index contributed by atoms with van der Waals surface area (Å²) in [5.74, 6) is -2.66. The zero-order valence-electron chi connectivity index (χ0n) is 13.9. The monoisotopic (exact) mass is 388 g/mol. The van der Waals surface area contributed by atoms with Crippen LogP contribution in [0.3, 0.4) is 0 Å². The van der Waals surface area contributed by atoms with Gasteiger partial charge in [0.25, 0.3) is 23.2 Å². The molecule has 12 nitrogen and oxygen atoms in total. The molecule has 0 heterocycles. The van der Waals surface area contributed by atoms with E-state index in [4.69, 9.17) is 5.11 Å². The summed E-state index contributed by atoms with van der Waals surface area (Å²) in [5, 5.41) is 34.8. The number of aliphatic carboxylic acids is 1. The zero-order valence-corrected chi connectivity index (χ0v) is 13.9. The third kappa shape index (κ3) is 5.08. The van der Waals surface area contributed by atoms with E-state index in [1.165, 1.54) is 24.3 Å². The highest BCUT2D eigenvalue weighted by molar-refractivity contribution is 6.05. The molecule has 0 bridgehead atoms. The van der Waals surface area contributed by atoms with Gasteiger partial charge in [-0.25, -0.2) is 0 Å². The van der Waals surface area contributed by atoms with Gasteiger partial charge in [-0.3, -0.25) is 34.6 Å². The molecule has 0 radical (unpaired) electrons. The van der Waals surface area contributed by atoms with E-state index in [9.17, 15) is 34.6 Å². The molecule has 0 saturated heterocycles. The fourth-order valence-electron chi connectivity index (χ4n) is 2.10. The van der Waals surface area contributed by atoms with Crippen LogP contribution in [-0.4, -0.2) is 39.3 Å². The van der Waals surface area contributed by atoms with Gasteiger partial charge in [-0.2, -0.15) is 0 Å². The van der Waals surface area contributed by atoms with Crippen molar-refractivity contribution in [3.05, 3.63) is 73.8 Å². The number of rotatable bonds is 7. The van der Waals surface area contributed by atoms with E-state index in [2.05, 4.69) is 10.6 Å². The van der Waals surface area contributed by atoms with Crippen molar-refractivity contribution in [2.75, 3.05) is 11.9 Å². The van der Waals surface area contributed by atoms with E-state index >= 15 is 0 Å². The highest BCUT2D eigenvalue weighted by atomic mass is 16.6. The second-order valence-electron chi connectivity index (χ2n) is 5.36. The number of nitrogens with one attached hydrogen (secondary N) is 2. The highest BCUT2D eigenvalue weighted by Crippen LogP contribution is 2.23. The van der Waals surface area contributed by atoms with Gasteiger partial charge in [-0.05, 0) is 24.3 Å². The van der Waals surface area contributed by atoms with Crippen LogP contribution in [0.4, 0.5) is 17.1 Å². The molecule has 2 rings (SSSR count). The minimum atomic E-state index is -1.21. The third-order valence-corrected chi connectivity index (χ3v) is 3.39. The normalized spacial score (nSPS) is 10.0. The maximum atomic E-state index is 12.3. The maximum Gasteiger partial charge on any atom is 0.322 e. The largest absolute Gasteiger partial charge is 0.480 e. The summed E-state index contributed by atoms with van der Waals surface area (Å²) in [6.45, 7) is -0.553. The zero-order chi connectivity index (χ0) is 20.8. The van der Waals surface area contributed by atoms with Gasteiger partial charge in [0, 0.05) is 23.4 Å². The van der Waals surface area contributed by atoms with Crippen LogP contribution in [-0.2, 0) is 4.79 Å². The molecule has 0 aliphatic heterocycles. The van der Waals surface area contributed by atoms with Gasteiger partial charge in [-0.1, -0.05) is 0 Å². The van der Waals surface area contributed by atoms with Crippen molar-refractivity contribution in [1.82, 2.24) is 5.32 Å². The Morgan fingerprint density at radius 3 is 1.86 bits per heavy atom. The number of carboxylic acid groups (broad SMARTS) is 1. The summed E-state index contributed by atoms with van der Waals surface area (Å²) in [6.07, 6.45) is 0. The van der Waals surface area contributed by atoms with E-state index in [1.54, 1.807) is 0 Å².